The summed E-state index contributed by atoms with van der Waals surface area (Å²) in [5.41, 5.74) is 3.59. The largest absolute Gasteiger partial charge is 0.454 e. The molecule has 9 heteroatoms. The molecule has 1 aromatic heterocycles. The summed E-state index contributed by atoms with van der Waals surface area (Å²) < 4.78 is 16.7. The molecule has 2 amide bonds. The van der Waals surface area contributed by atoms with Crippen molar-refractivity contribution in [2.24, 2.45) is 0 Å². The van der Waals surface area contributed by atoms with Crippen molar-refractivity contribution in [1.82, 2.24) is 15.5 Å². The van der Waals surface area contributed by atoms with Crippen molar-refractivity contribution >= 4 is 28.9 Å². The molecule has 1 unspecified atom stereocenters. The number of hydrogen-bond acceptors (Lipinski definition) is 6. The third-order valence-electron chi connectivity index (χ3n) is 5.97. The summed E-state index contributed by atoms with van der Waals surface area (Å²) >= 11 is 6.15. The number of amides is 2. The molecule has 35 heavy (non-hydrogen) atoms. The molecule has 4 aromatic rings. The number of ether oxygens (including phenoxy) is 2. The van der Waals surface area contributed by atoms with Gasteiger partial charge in [-0.2, -0.15) is 4.98 Å². The van der Waals surface area contributed by atoms with Crippen LogP contribution in [0.2, 0.25) is 5.02 Å². The standard InChI is InChI=1S/C26H19ClN4O4/c1-15-22(25-29-24(30-35-25)17-8-5-9-18(27)12-17)23(16-6-3-2-4-7-16)28-26(32)31(15)19-10-11-20-21(13-19)34-14-33-20/h2-13,23H,14H2,1H3,(H,28,32). The molecule has 8 nitrogen and oxygen atoms in total. The summed E-state index contributed by atoms with van der Waals surface area (Å²) in [7, 11) is 0. The first-order valence-electron chi connectivity index (χ1n) is 10.9. The number of allylic oxidation sites excluding steroid dienone is 1. The molecular formula is C26H19ClN4O4. The minimum atomic E-state index is -0.485. The zero-order valence-corrected chi connectivity index (χ0v) is 19.3. The molecule has 6 rings (SSSR count). The number of hydrogen-bond donors (Lipinski definition) is 1. The van der Waals surface area contributed by atoms with Crippen LogP contribution in [-0.2, 0) is 0 Å². The van der Waals surface area contributed by atoms with Crippen LogP contribution in [0.3, 0.4) is 0 Å². The highest BCUT2D eigenvalue weighted by Crippen LogP contribution is 2.42. The number of rotatable bonds is 4. The Labute approximate surface area is 205 Å². The molecule has 2 aliphatic heterocycles. The first-order chi connectivity index (χ1) is 17.1. The fourth-order valence-corrected chi connectivity index (χ4v) is 4.52. The molecule has 1 atom stereocenters. The highest BCUT2D eigenvalue weighted by atomic mass is 35.5. The van der Waals surface area contributed by atoms with Crippen LogP contribution in [0.25, 0.3) is 17.0 Å². The molecule has 0 saturated carbocycles. The fraction of sp³-hybridized carbons (Fsp3) is 0.115. The number of nitrogens with zero attached hydrogens (tertiary/aromatic N) is 3. The first kappa shape index (κ1) is 21.2. The molecule has 0 bridgehead atoms. The third-order valence-corrected chi connectivity index (χ3v) is 6.21. The van der Waals surface area contributed by atoms with Crippen molar-refractivity contribution in [2.75, 3.05) is 11.7 Å². The van der Waals surface area contributed by atoms with Crippen molar-refractivity contribution in [3.63, 3.8) is 0 Å². The van der Waals surface area contributed by atoms with Gasteiger partial charge in [0, 0.05) is 22.3 Å². The lowest BCUT2D eigenvalue weighted by atomic mass is 9.94. The van der Waals surface area contributed by atoms with E-state index in [1.807, 2.05) is 55.5 Å². The van der Waals surface area contributed by atoms with E-state index in [0.29, 0.717) is 45.2 Å². The predicted octanol–water partition coefficient (Wildman–Crippen LogP) is 5.82. The van der Waals surface area contributed by atoms with E-state index in [1.54, 1.807) is 29.2 Å². The van der Waals surface area contributed by atoms with Crippen LogP contribution < -0.4 is 19.7 Å². The first-order valence-corrected chi connectivity index (χ1v) is 11.3. The highest BCUT2D eigenvalue weighted by molar-refractivity contribution is 6.30. The average Bonchev–Trinajstić information content (AvgIpc) is 3.54. The molecule has 174 valence electrons. The molecular weight excluding hydrogens is 468 g/mol. The SMILES string of the molecule is CC1=C(c2nc(-c3cccc(Cl)c3)no2)C(c2ccccc2)NC(=O)N1c1ccc2c(c1)OCO2. The lowest BCUT2D eigenvalue weighted by molar-refractivity contribution is 0.174. The zero-order valence-electron chi connectivity index (χ0n) is 18.6. The number of benzene rings is 3. The van der Waals surface area contributed by atoms with Gasteiger partial charge in [0.15, 0.2) is 11.5 Å². The summed E-state index contributed by atoms with van der Waals surface area (Å²) in [6.07, 6.45) is 0. The Morgan fingerprint density at radius 3 is 2.66 bits per heavy atom. The van der Waals surface area contributed by atoms with Crippen LogP contribution in [0.1, 0.15) is 24.4 Å². The molecule has 0 spiro atoms. The minimum Gasteiger partial charge on any atom is -0.454 e. The van der Waals surface area contributed by atoms with E-state index < -0.39 is 6.04 Å². The van der Waals surface area contributed by atoms with Crippen molar-refractivity contribution in [3.8, 4) is 22.9 Å². The molecule has 3 heterocycles. The molecule has 0 fully saturated rings. The molecule has 1 N–H and O–H groups in total. The quantitative estimate of drug-likeness (QED) is 0.391. The molecule has 3 aromatic carbocycles. The Kier molecular flexibility index (Phi) is 5.15. The summed E-state index contributed by atoms with van der Waals surface area (Å²) in [6, 6.07) is 21.5. The van der Waals surface area contributed by atoms with E-state index in [1.165, 1.54) is 0 Å². The van der Waals surface area contributed by atoms with E-state index in [4.69, 9.17) is 25.6 Å². The van der Waals surface area contributed by atoms with Crippen molar-refractivity contribution in [3.05, 3.63) is 95.0 Å². The highest BCUT2D eigenvalue weighted by Gasteiger charge is 2.37. The average molecular weight is 487 g/mol. The van der Waals surface area contributed by atoms with Gasteiger partial charge in [0.1, 0.15) is 0 Å². The molecule has 2 aliphatic rings. The van der Waals surface area contributed by atoms with E-state index >= 15 is 0 Å². The topological polar surface area (TPSA) is 89.7 Å². The van der Waals surface area contributed by atoms with Gasteiger partial charge >= 0.3 is 6.03 Å². The van der Waals surface area contributed by atoms with Crippen LogP contribution in [0.4, 0.5) is 10.5 Å². The van der Waals surface area contributed by atoms with Gasteiger partial charge in [-0.1, -0.05) is 59.2 Å². The lowest BCUT2D eigenvalue weighted by Gasteiger charge is -2.35. The van der Waals surface area contributed by atoms with Gasteiger partial charge in [-0.25, -0.2) is 4.79 Å². The normalized spacial score (nSPS) is 17.0. The number of anilines is 1. The number of aromatic nitrogens is 2. The van der Waals surface area contributed by atoms with Gasteiger partial charge < -0.3 is 19.3 Å². The molecule has 0 aliphatic carbocycles. The lowest BCUT2D eigenvalue weighted by Crippen LogP contribution is -2.46. The minimum absolute atomic E-state index is 0.148. The number of carbonyl (C=O) groups excluding carboxylic acids is 1. The van der Waals surface area contributed by atoms with Gasteiger partial charge in [-0.15, -0.1) is 0 Å². The van der Waals surface area contributed by atoms with Gasteiger partial charge in [0.05, 0.1) is 17.3 Å². The molecule has 0 saturated heterocycles. The maximum Gasteiger partial charge on any atom is 0.327 e. The smallest absolute Gasteiger partial charge is 0.327 e. The van der Waals surface area contributed by atoms with E-state index in [-0.39, 0.29) is 12.8 Å². The van der Waals surface area contributed by atoms with Gasteiger partial charge in [0.25, 0.3) is 5.89 Å². The van der Waals surface area contributed by atoms with Crippen molar-refractivity contribution in [2.45, 2.75) is 13.0 Å². The summed E-state index contributed by atoms with van der Waals surface area (Å²) in [5.74, 6) is 1.92. The predicted molar refractivity (Wildman–Crippen MR) is 130 cm³/mol. The fourth-order valence-electron chi connectivity index (χ4n) is 4.33. The maximum absolute atomic E-state index is 13.4. The second-order valence-corrected chi connectivity index (χ2v) is 8.54. The van der Waals surface area contributed by atoms with E-state index in [0.717, 1.165) is 11.1 Å². The summed E-state index contributed by atoms with van der Waals surface area (Å²) in [4.78, 5) is 19.6. The van der Waals surface area contributed by atoms with Gasteiger partial charge in [-0.3, -0.25) is 4.90 Å². The van der Waals surface area contributed by atoms with Gasteiger partial charge in [0.2, 0.25) is 12.6 Å². The van der Waals surface area contributed by atoms with Crippen LogP contribution in [0.5, 0.6) is 11.5 Å². The summed E-state index contributed by atoms with van der Waals surface area (Å²) in [6.45, 7) is 2.01. The Morgan fingerprint density at radius 1 is 1.00 bits per heavy atom. The van der Waals surface area contributed by atoms with Crippen molar-refractivity contribution in [1.29, 1.82) is 0 Å². The second kappa shape index (κ2) is 8.48. The number of urea groups is 1. The monoisotopic (exact) mass is 486 g/mol. The van der Waals surface area contributed by atoms with E-state index in [2.05, 4.69) is 15.5 Å². The Morgan fingerprint density at radius 2 is 1.83 bits per heavy atom. The Hall–Kier alpha value is -4.30. The Balaban J connectivity index is 1.49. The second-order valence-electron chi connectivity index (χ2n) is 8.10. The zero-order chi connectivity index (χ0) is 23.9. The van der Waals surface area contributed by atoms with Gasteiger partial charge in [-0.05, 0) is 36.8 Å². The third kappa shape index (κ3) is 3.77. The number of carbonyl (C=O) groups is 1. The molecule has 0 radical (unpaired) electrons. The summed E-state index contributed by atoms with van der Waals surface area (Å²) in [5, 5.41) is 7.85. The van der Waals surface area contributed by atoms with Crippen LogP contribution in [-0.4, -0.2) is 23.0 Å². The van der Waals surface area contributed by atoms with E-state index in [9.17, 15) is 4.79 Å². The number of nitrogens with one attached hydrogen (secondary N) is 1. The van der Waals surface area contributed by atoms with Crippen LogP contribution in [0.15, 0.2) is 83.0 Å². The number of halogens is 1. The van der Waals surface area contributed by atoms with Crippen molar-refractivity contribution < 1.29 is 18.8 Å². The van der Waals surface area contributed by atoms with Crippen LogP contribution in [0, 0.1) is 0 Å². The van der Waals surface area contributed by atoms with Crippen LogP contribution >= 0.6 is 11.6 Å². The maximum atomic E-state index is 13.4. The number of fused-ring (bicyclic) bond motifs is 1. The Bertz CT molecular complexity index is 1470.